The molecule has 22 heavy (non-hydrogen) atoms. The van der Waals surface area contributed by atoms with Crippen molar-refractivity contribution in [3.63, 3.8) is 0 Å². The number of hydrogen-bond donors (Lipinski definition) is 3. The first-order chi connectivity index (χ1) is 10.6. The molecular weight excluding hydrogens is 296 g/mol. The molecule has 3 rings (SSSR count). The maximum Gasteiger partial charge on any atom is 0.261 e. The monoisotopic (exact) mass is 318 g/mol. The van der Waals surface area contributed by atoms with Gasteiger partial charge in [0.25, 0.3) is 5.91 Å². The Bertz CT molecular complexity index is 635. The van der Waals surface area contributed by atoms with Crippen LogP contribution in [0.3, 0.4) is 0 Å². The lowest BCUT2D eigenvalue weighted by Crippen LogP contribution is -2.25. The number of thiophene rings is 1. The fourth-order valence-electron chi connectivity index (χ4n) is 2.92. The molecule has 5 nitrogen and oxygen atoms in total. The second kappa shape index (κ2) is 6.62. The number of nitrogens with zero attached hydrogens (tertiary/aromatic N) is 1. The molecule has 118 valence electrons. The van der Waals surface area contributed by atoms with E-state index in [0.29, 0.717) is 12.6 Å². The minimum atomic E-state index is 0.0213. The predicted octanol–water partition coefficient (Wildman–Crippen LogP) is 2.49. The van der Waals surface area contributed by atoms with Gasteiger partial charge in [0.1, 0.15) is 0 Å². The molecule has 3 N–H and O–H groups in total. The fourth-order valence-corrected chi connectivity index (χ4v) is 3.95. The molecule has 0 bridgehead atoms. The summed E-state index contributed by atoms with van der Waals surface area (Å²) >= 11 is 1.60. The summed E-state index contributed by atoms with van der Waals surface area (Å²) in [7, 11) is 0. The van der Waals surface area contributed by atoms with Gasteiger partial charge in [-0.05, 0) is 57.4 Å². The smallest absolute Gasteiger partial charge is 0.261 e. The van der Waals surface area contributed by atoms with Crippen LogP contribution in [0.5, 0.6) is 0 Å². The van der Waals surface area contributed by atoms with Crippen LogP contribution in [0, 0.1) is 13.8 Å². The van der Waals surface area contributed by atoms with Gasteiger partial charge < -0.3 is 10.6 Å². The highest BCUT2D eigenvalue weighted by Crippen LogP contribution is 2.29. The van der Waals surface area contributed by atoms with Crippen molar-refractivity contribution in [2.75, 3.05) is 13.1 Å². The van der Waals surface area contributed by atoms with Gasteiger partial charge >= 0.3 is 0 Å². The largest absolute Gasteiger partial charge is 0.351 e. The molecule has 6 heteroatoms. The number of carbonyl (C=O) groups excluding carboxylic acids is 1. The Labute approximate surface area is 134 Å². The summed E-state index contributed by atoms with van der Waals surface area (Å²) in [5, 5.41) is 13.6. The first-order valence-electron chi connectivity index (χ1n) is 7.77. The summed E-state index contributed by atoms with van der Waals surface area (Å²) in [4.78, 5) is 14.3. The Balaban J connectivity index is 1.54. The summed E-state index contributed by atoms with van der Waals surface area (Å²) in [6.45, 7) is 5.71. The lowest BCUT2D eigenvalue weighted by molar-refractivity contribution is 0.0958. The Hall–Kier alpha value is -1.66. The number of nitrogens with one attached hydrogen (secondary N) is 3. The van der Waals surface area contributed by atoms with E-state index >= 15 is 0 Å². The molecule has 0 aliphatic carbocycles. The van der Waals surface area contributed by atoms with Crippen molar-refractivity contribution >= 4 is 17.2 Å². The van der Waals surface area contributed by atoms with E-state index in [9.17, 15) is 4.79 Å². The van der Waals surface area contributed by atoms with Crippen LogP contribution in [0.1, 0.15) is 50.4 Å². The Morgan fingerprint density at radius 3 is 3.00 bits per heavy atom. The van der Waals surface area contributed by atoms with Gasteiger partial charge in [0.2, 0.25) is 0 Å². The molecule has 1 aliphatic rings. The van der Waals surface area contributed by atoms with E-state index in [1.165, 1.54) is 23.3 Å². The van der Waals surface area contributed by atoms with E-state index in [1.54, 1.807) is 11.3 Å². The number of aromatic amines is 1. The van der Waals surface area contributed by atoms with Gasteiger partial charge in [-0.1, -0.05) is 0 Å². The van der Waals surface area contributed by atoms with Crippen molar-refractivity contribution in [3.8, 4) is 0 Å². The normalized spacial score (nSPS) is 17.8. The van der Waals surface area contributed by atoms with Crippen LogP contribution >= 0.6 is 11.3 Å². The standard InChI is InChI=1S/C16H22N4OS/c1-10-12(11(2)20-19-10)7-9-18-16(21)15-6-5-14(22-15)13-4-3-8-17-13/h5-6,13,17H,3-4,7-9H2,1-2H3,(H,18,21)(H,19,20)/t13-/m1/s1. The molecule has 1 amide bonds. The van der Waals surface area contributed by atoms with Crippen molar-refractivity contribution in [1.82, 2.24) is 20.8 Å². The molecule has 1 fully saturated rings. The molecular formula is C16H22N4OS. The van der Waals surface area contributed by atoms with Crippen molar-refractivity contribution in [2.24, 2.45) is 0 Å². The van der Waals surface area contributed by atoms with Crippen LogP contribution in [0.4, 0.5) is 0 Å². The first-order valence-corrected chi connectivity index (χ1v) is 8.58. The van der Waals surface area contributed by atoms with E-state index in [1.807, 2.05) is 19.9 Å². The Morgan fingerprint density at radius 2 is 2.32 bits per heavy atom. The van der Waals surface area contributed by atoms with Crippen LogP contribution in [-0.4, -0.2) is 29.2 Å². The average molecular weight is 318 g/mol. The molecule has 2 aromatic rings. The Morgan fingerprint density at radius 1 is 1.45 bits per heavy atom. The number of amides is 1. The Kier molecular flexibility index (Phi) is 4.59. The van der Waals surface area contributed by atoms with Crippen molar-refractivity contribution in [3.05, 3.63) is 38.8 Å². The second-order valence-corrected chi connectivity index (χ2v) is 6.88. The zero-order valence-electron chi connectivity index (χ0n) is 13.0. The van der Waals surface area contributed by atoms with Crippen molar-refractivity contribution in [2.45, 2.75) is 39.2 Å². The number of aryl methyl sites for hydroxylation is 2. The van der Waals surface area contributed by atoms with Crippen LogP contribution < -0.4 is 10.6 Å². The highest BCUT2D eigenvalue weighted by Gasteiger charge is 2.19. The third-order valence-electron chi connectivity index (χ3n) is 4.20. The molecule has 1 atom stereocenters. The quantitative estimate of drug-likeness (QED) is 0.793. The van der Waals surface area contributed by atoms with Crippen LogP contribution in [0.25, 0.3) is 0 Å². The van der Waals surface area contributed by atoms with E-state index in [2.05, 4.69) is 26.9 Å². The van der Waals surface area contributed by atoms with Crippen molar-refractivity contribution in [1.29, 1.82) is 0 Å². The van der Waals surface area contributed by atoms with Gasteiger partial charge in [0.15, 0.2) is 0 Å². The number of hydrogen-bond acceptors (Lipinski definition) is 4. The highest BCUT2D eigenvalue weighted by atomic mass is 32.1. The summed E-state index contributed by atoms with van der Waals surface area (Å²) in [6.07, 6.45) is 3.19. The summed E-state index contributed by atoms with van der Waals surface area (Å²) in [6, 6.07) is 4.44. The number of aromatic nitrogens is 2. The molecule has 1 saturated heterocycles. The third kappa shape index (κ3) is 3.23. The average Bonchev–Trinajstić information content (AvgIpc) is 3.22. The highest BCUT2D eigenvalue weighted by molar-refractivity contribution is 7.14. The number of rotatable bonds is 5. The van der Waals surface area contributed by atoms with Gasteiger partial charge in [-0.15, -0.1) is 11.3 Å². The lowest BCUT2D eigenvalue weighted by Gasteiger charge is -2.06. The van der Waals surface area contributed by atoms with Crippen LogP contribution in [0.15, 0.2) is 12.1 Å². The zero-order chi connectivity index (χ0) is 15.5. The summed E-state index contributed by atoms with van der Waals surface area (Å²) < 4.78 is 0. The minimum Gasteiger partial charge on any atom is -0.351 e. The minimum absolute atomic E-state index is 0.0213. The van der Waals surface area contributed by atoms with E-state index < -0.39 is 0 Å². The molecule has 0 radical (unpaired) electrons. The topological polar surface area (TPSA) is 69.8 Å². The van der Waals surface area contributed by atoms with Gasteiger partial charge in [-0.25, -0.2) is 0 Å². The van der Waals surface area contributed by atoms with Crippen LogP contribution in [0.2, 0.25) is 0 Å². The lowest BCUT2D eigenvalue weighted by atomic mass is 10.1. The predicted molar refractivity (Wildman–Crippen MR) is 88.4 cm³/mol. The second-order valence-electron chi connectivity index (χ2n) is 5.77. The van der Waals surface area contributed by atoms with E-state index in [0.717, 1.165) is 29.2 Å². The van der Waals surface area contributed by atoms with Crippen LogP contribution in [-0.2, 0) is 6.42 Å². The van der Waals surface area contributed by atoms with Gasteiger partial charge in [-0.3, -0.25) is 9.89 Å². The van der Waals surface area contributed by atoms with Gasteiger partial charge in [0.05, 0.1) is 10.6 Å². The molecule has 3 heterocycles. The van der Waals surface area contributed by atoms with Crippen molar-refractivity contribution < 1.29 is 4.79 Å². The molecule has 0 spiro atoms. The van der Waals surface area contributed by atoms with Gasteiger partial charge in [-0.2, -0.15) is 5.10 Å². The summed E-state index contributed by atoms with van der Waals surface area (Å²) in [5.74, 6) is 0.0213. The molecule has 0 aromatic carbocycles. The molecule has 0 saturated carbocycles. The maximum absolute atomic E-state index is 12.2. The maximum atomic E-state index is 12.2. The molecule has 2 aromatic heterocycles. The number of carbonyl (C=O) groups is 1. The van der Waals surface area contributed by atoms with Gasteiger partial charge in [0, 0.05) is 23.2 Å². The fraction of sp³-hybridized carbons (Fsp3) is 0.500. The third-order valence-corrected chi connectivity index (χ3v) is 5.39. The molecule has 1 aliphatic heterocycles. The SMILES string of the molecule is Cc1n[nH]c(C)c1CCNC(=O)c1ccc([C@H]2CCCN2)s1. The summed E-state index contributed by atoms with van der Waals surface area (Å²) in [5.41, 5.74) is 3.29. The number of H-pyrrole nitrogens is 1. The zero-order valence-corrected chi connectivity index (χ0v) is 13.8. The first kappa shape index (κ1) is 15.2. The van der Waals surface area contributed by atoms with E-state index in [-0.39, 0.29) is 5.91 Å². The molecule has 0 unspecified atom stereocenters. The van der Waals surface area contributed by atoms with E-state index in [4.69, 9.17) is 0 Å².